The molecule has 2 aromatic rings. The SMILES string of the molecule is Cc1ccc2[nH]c(C)c(C(=O)NCC(C)C)c2c1. The van der Waals surface area contributed by atoms with Gasteiger partial charge >= 0.3 is 0 Å². The van der Waals surface area contributed by atoms with Crippen LogP contribution in [0.15, 0.2) is 18.2 Å². The topological polar surface area (TPSA) is 44.9 Å². The molecular weight excluding hydrogens is 224 g/mol. The Labute approximate surface area is 108 Å². The first-order chi connectivity index (χ1) is 8.49. The van der Waals surface area contributed by atoms with Gasteiger partial charge in [0.25, 0.3) is 5.91 Å². The molecule has 2 rings (SSSR count). The molecule has 0 aliphatic heterocycles. The first-order valence-corrected chi connectivity index (χ1v) is 6.36. The molecule has 1 heterocycles. The molecule has 3 nitrogen and oxygen atoms in total. The molecule has 0 saturated heterocycles. The number of aromatic nitrogens is 1. The van der Waals surface area contributed by atoms with Crippen LogP contribution in [0.4, 0.5) is 0 Å². The second-order valence-corrected chi connectivity index (χ2v) is 5.28. The molecular formula is C15H20N2O. The summed E-state index contributed by atoms with van der Waals surface area (Å²) in [6.45, 7) is 8.87. The van der Waals surface area contributed by atoms with Gasteiger partial charge in [0.15, 0.2) is 0 Å². The van der Waals surface area contributed by atoms with Crippen LogP contribution in [0.1, 0.15) is 35.5 Å². The number of aryl methyl sites for hydroxylation is 2. The maximum absolute atomic E-state index is 12.2. The van der Waals surface area contributed by atoms with E-state index in [4.69, 9.17) is 0 Å². The lowest BCUT2D eigenvalue weighted by molar-refractivity contribution is 0.0950. The van der Waals surface area contributed by atoms with Gasteiger partial charge in [-0.25, -0.2) is 0 Å². The number of aromatic amines is 1. The third-order valence-corrected chi connectivity index (χ3v) is 3.04. The molecule has 1 amide bonds. The van der Waals surface area contributed by atoms with Crippen LogP contribution < -0.4 is 5.32 Å². The maximum Gasteiger partial charge on any atom is 0.253 e. The number of hydrogen-bond acceptors (Lipinski definition) is 1. The van der Waals surface area contributed by atoms with E-state index in [1.165, 1.54) is 5.56 Å². The minimum Gasteiger partial charge on any atom is -0.358 e. The second-order valence-electron chi connectivity index (χ2n) is 5.28. The van der Waals surface area contributed by atoms with Gasteiger partial charge in [-0.15, -0.1) is 0 Å². The van der Waals surface area contributed by atoms with E-state index in [0.29, 0.717) is 12.5 Å². The standard InChI is InChI=1S/C15H20N2O/c1-9(2)8-16-15(18)14-11(4)17-13-6-5-10(3)7-12(13)14/h5-7,9,17H,8H2,1-4H3,(H,16,18). The predicted molar refractivity (Wildman–Crippen MR) is 74.9 cm³/mol. The summed E-state index contributed by atoms with van der Waals surface area (Å²) in [4.78, 5) is 15.5. The van der Waals surface area contributed by atoms with E-state index in [9.17, 15) is 4.79 Å². The summed E-state index contributed by atoms with van der Waals surface area (Å²) in [5, 5.41) is 3.99. The van der Waals surface area contributed by atoms with Gasteiger partial charge in [0.1, 0.15) is 0 Å². The molecule has 0 aliphatic rings. The van der Waals surface area contributed by atoms with E-state index in [1.54, 1.807) is 0 Å². The third-order valence-electron chi connectivity index (χ3n) is 3.04. The summed E-state index contributed by atoms with van der Waals surface area (Å²) >= 11 is 0. The van der Waals surface area contributed by atoms with Crippen LogP contribution >= 0.6 is 0 Å². The molecule has 3 heteroatoms. The Bertz CT molecular complexity index is 581. The van der Waals surface area contributed by atoms with Crippen molar-refractivity contribution in [1.29, 1.82) is 0 Å². The minimum atomic E-state index is 0.0121. The van der Waals surface area contributed by atoms with Gasteiger partial charge in [0.2, 0.25) is 0 Å². The molecule has 0 aliphatic carbocycles. The zero-order valence-electron chi connectivity index (χ0n) is 11.4. The summed E-state index contributed by atoms with van der Waals surface area (Å²) in [6, 6.07) is 6.13. The number of carbonyl (C=O) groups is 1. The van der Waals surface area contributed by atoms with Gasteiger partial charge in [0.05, 0.1) is 5.56 Å². The first kappa shape index (κ1) is 12.7. The normalized spacial score (nSPS) is 11.2. The van der Waals surface area contributed by atoms with Crippen molar-refractivity contribution in [1.82, 2.24) is 10.3 Å². The van der Waals surface area contributed by atoms with Crippen LogP contribution in [0.25, 0.3) is 10.9 Å². The molecule has 0 atom stereocenters. The highest BCUT2D eigenvalue weighted by Crippen LogP contribution is 2.23. The molecule has 1 aromatic heterocycles. The number of H-pyrrole nitrogens is 1. The predicted octanol–water partition coefficient (Wildman–Crippen LogP) is 3.17. The van der Waals surface area contributed by atoms with Crippen molar-refractivity contribution in [2.24, 2.45) is 5.92 Å². The Morgan fingerprint density at radius 1 is 1.33 bits per heavy atom. The summed E-state index contributed by atoms with van der Waals surface area (Å²) in [5.41, 5.74) is 3.89. The number of benzene rings is 1. The number of fused-ring (bicyclic) bond motifs is 1. The lowest BCUT2D eigenvalue weighted by Crippen LogP contribution is -2.27. The highest BCUT2D eigenvalue weighted by atomic mass is 16.1. The molecule has 0 saturated carbocycles. The van der Waals surface area contributed by atoms with E-state index in [2.05, 4.69) is 30.2 Å². The first-order valence-electron chi connectivity index (χ1n) is 6.36. The van der Waals surface area contributed by atoms with Crippen LogP contribution in [0.5, 0.6) is 0 Å². The molecule has 0 spiro atoms. The molecule has 1 aromatic carbocycles. The Hall–Kier alpha value is -1.77. The van der Waals surface area contributed by atoms with Crippen LogP contribution in [0, 0.1) is 19.8 Å². The monoisotopic (exact) mass is 244 g/mol. The van der Waals surface area contributed by atoms with E-state index in [-0.39, 0.29) is 5.91 Å². The summed E-state index contributed by atoms with van der Waals surface area (Å²) in [6.07, 6.45) is 0. The second kappa shape index (κ2) is 4.84. The smallest absolute Gasteiger partial charge is 0.253 e. The lowest BCUT2D eigenvalue weighted by atomic mass is 10.1. The molecule has 0 radical (unpaired) electrons. The number of carbonyl (C=O) groups excluding carboxylic acids is 1. The van der Waals surface area contributed by atoms with Crippen LogP contribution in [-0.2, 0) is 0 Å². The van der Waals surface area contributed by atoms with Crippen molar-refractivity contribution >= 4 is 16.8 Å². The third kappa shape index (κ3) is 2.40. The highest BCUT2D eigenvalue weighted by molar-refractivity contribution is 6.08. The molecule has 0 bridgehead atoms. The van der Waals surface area contributed by atoms with Crippen molar-refractivity contribution < 1.29 is 4.79 Å². The van der Waals surface area contributed by atoms with E-state index in [1.807, 2.05) is 26.0 Å². The summed E-state index contributed by atoms with van der Waals surface area (Å²) in [7, 11) is 0. The number of nitrogens with one attached hydrogen (secondary N) is 2. The number of amides is 1. The van der Waals surface area contributed by atoms with Gasteiger partial charge in [-0.05, 0) is 31.9 Å². The maximum atomic E-state index is 12.2. The molecule has 96 valence electrons. The number of hydrogen-bond donors (Lipinski definition) is 2. The van der Waals surface area contributed by atoms with Gasteiger partial charge in [-0.1, -0.05) is 25.5 Å². The fraction of sp³-hybridized carbons (Fsp3) is 0.400. The number of rotatable bonds is 3. The molecule has 2 N–H and O–H groups in total. The fourth-order valence-electron chi connectivity index (χ4n) is 2.12. The zero-order valence-corrected chi connectivity index (χ0v) is 11.4. The molecule has 0 unspecified atom stereocenters. The van der Waals surface area contributed by atoms with Crippen molar-refractivity contribution in [3.63, 3.8) is 0 Å². The Balaban J connectivity index is 2.40. The van der Waals surface area contributed by atoms with Crippen LogP contribution in [0.3, 0.4) is 0 Å². The van der Waals surface area contributed by atoms with Crippen molar-refractivity contribution in [2.45, 2.75) is 27.7 Å². The minimum absolute atomic E-state index is 0.0121. The van der Waals surface area contributed by atoms with E-state index >= 15 is 0 Å². The van der Waals surface area contributed by atoms with Gasteiger partial charge < -0.3 is 10.3 Å². The van der Waals surface area contributed by atoms with E-state index < -0.39 is 0 Å². The van der Waals surface area contributed by atoms with Crippen LogP contribution in [0.2, 0.25) is 0 Å². The molecule has 0 fully saturated rings. The van der Waals surface area contributed by atoms with Crippen LogP contribution in [-0.4, -0.2) is 17.4 Å². The average Bonchev–Trinajstić information content (AvgIpc) is 2.61. The van der Waals surface area contributed by atoms with E-state index in [0.717, 1.165) is 22.2 Å². The van der Waals surface area contributed by atoms with Crippen molar-refractivity contribution in [2.75, 3.05) is 6.54 Å². The lowest BCUT2D eigenvalue weighted by Gasteiger charge is -2.07. The summed E-state index contributed by atoms with van der Waals surface area (Å²) < 4.78 is 0. The Morgan fingerprint density at radius 2 is 2.06 bits per heavy atom. The average molecular weight is 244 g/mol. The fourth-order valence-corrected chi connectivity index (χ4v) is 2.12. The van der Waals surface area contributed by atoms with Gasteiger partial charge in [-0.2, -0.15) is 0 Å². The zero-order chi connectivity index (χ0) is 13.3. The largest absolute Gasteiger partial charge is 0.358 e. The van der Waals surface area contributed by atoms with Gasteiger partial charge in [0, 0.05) is 23.1 Å². The molecule has 18 heavy (non-hydrogen) atoms. The quantitative estimate of drug-likeness (QED) is 0.855. The highest BCUT2D eigenvalue weighted by Gasteiger charge is 2.15. The Kier molecular flexibility index (Phi) is 3.41. The van der Waals surface area contributed by atoms with Crippen molar-refractivity contribution in [3.8, 4) is 0 Å². The van der Waals surface area contributed by atoms with Gasteiger partial charge in [-0.3, -0.25) is 4.79 Å². The Morgan fingerprint density at radius 3 is 2.72 bits per heavy atom. The van der Waals surface area contributed by atoms with Crippen molar-refractivity contribution in [3.05, 3.63) is 35.0 Å². The summed E-state index contributed by atoms with van der Waals surface area (Å²) in [5.74, 6) is 0.472.